The molecule has 0 saturated heterocycles. The van der Waals surface area contributed by atoms with Crippen molar-refractivity contribution < 1.29 is 24.6 Å². The summed E-state index contributed by atoms with van der Waals surface area (Å²) in [6.07, 6.45) is 4.57. The Morgan fingerprint density at radius 2 is 1.67 bits per heavy atom. The van der Waals surface area contributed by atoms with Crippen LogP contribution in [-0.2, 0) is 14.4 Å². The van der Waals surface area contributed by atoms with Crippen LogP contribution in [0.3, 0.4) is 0 Å². The van der Waals surface area contributed by atoms with Gasteiger partial charge in [0, 0.05) is 6.42 Å². The molecule has 0 spiro atoms. The van der Waals surface area contributed by atoms with E-state index in [2.05, 4.69) is 12.2 Å². The van der Waals surface area contributed by atoms with E-state index in [4.69, 9.17) is 10.2 Å². The topological polar surface area (TPSA) is 104 Å². The quantitative estimate of drug-likeness (QED) is 0.514. The third-order valence-corrected chi connectivity index (χ3v) is 2.52. The van der Waals surface area contributed by atoms with Crippen molar-refractivity contribution in [2.24, 2.45) is 0 Å². The number of hydrogen-bond donors (Lipinski definition) is 3. The molecule has 0 aliphatic rings. The lowest BCUT2D eigenvalue weighted by Crippen LogP contribution is -2.42. The highest BCUT2D eigenvalue weighted by Crippen LogP contribution is 2.05. The molecule has 0 saturated carbocycles. The average molecular weight is 259 g/mol. The van der Waals surface area contributed by atoms with Crippen molar-refractivity contribution in [3.8, 4) is 0 Å². The molecular weight excluding hydrogens is 238 g/mol. The van der Waals surface area contributed by atoms with Crippen molar-refractivity contribution in [3.05, 3.63) is 0 Å². The van der Waals surface area contributed by atoms with Crippen molar-refractivity contribution in [2.45, 2.75) is 57.9 Å². The Hall–Kier alpha value is -1.59. The van der Waals surface area contributed by atoms with Gasteiger partial charge >= 0.3 is 11.9 Å². The first-order chi connectivity index (χ1) is 8.47. The van der Waals surface area contributed by atoms with Crippen molar-refractivity contribution in [2.75, 3.05) is 0 Å². The Labute approximate surface area is 106 Å². The number of carboxylic acids is 2. The minimum absolute atomic E-state index is 0.243. The van der Waals surface area contributed by atoms with Crippen molar-refractivity contribution >= 4 is 17.8 Å². The van der Waals surface area contributed by atoms with Gasteiger partial charge in [-0.05, 0) is 6.42 Å². The molecule has 0 fully saturated rings. The number of unbranched alkanes of at least 4 members (excludes halogenated alkanes) is 4. The van der Waals surface area contributed by atoms with Crippen LogP contribution in [0.15, 0.2) is 0 Å². The summed E-state index contributed by atoms with van der Waals surface area (Å²) in [7, 11) is 0. The van der Waals surface area contributed by atoms with Gasteiger partial charge in [-0.15, -0.1) is 0 Å². The van der Waals surface area contributed by atoms with E-state index in [1.54, 1.807) is 0 Å². The Morgan fingerprint density at radius 3 is 2.17 bits per heavy atom. The second kappa shape index (κ2) is 9.44. The van der Waals surface area contributed by atoms with Crippen LogP contribution in [0.1, 0.15) is 51.9 Å². The lowest BCUT2D eigenvalue weighted by atomic mass is 10.1. The van der Waals surface area contributed by atoms with Crippen LogP contribution in [-0.4, -0.2) is 34.1 Å². The lowest BCUT2D eigenvalue weighted by molar-refractivity contribution is -0.147. The van der Waals surface area contributed by atoms with E-state index in [1.165, 1.54) is 0 Å². The summed E-state index contributed by atoms with van der Waals surface area (Å²) in [5, 5.41) is 19.5. The van der Waals surface area contributed by atoms with Crippen molar-refractivity contribution in [3.63, 3.8) is 0 Å². The number of amides is 1. The molecule has 0 rings (SSSR count). The maximum Gasteiger partial charge on any atom is 0.326 e. The van der Waals surface area contributed by atoms with Crippen molar-refractivity contribution in [1.29, 1.82) is 0 Å². The minimum atomic E-state index is -1.34. The first kappa shape index (κ1) is 16.4. The summed E-state index contributed by atoms with van der Waals surface area (Å²) in [6, 6.07) is -1.34. The summed E-state index contributed by atoms with van der Waals surface area (Å²) in [6.45, 7) is 2.09. The Morgan fingerprint density at radius 1 is 1.06 bits per heavy atom. The minimum Gasteiger partial charge on any atom is -0.481 e. The molecule has 0 radical (unpaired) electrons. The molecule has 1 atom stereocenters. The molecule has 0 bridgehead atoms. The number of carbonyl (C=O) groups is 3. The van der Waals surface area contributed by atoms with Gasteiger partial charge in [-0.2, -0.15) is 0 Å². The van der Waals surface area contributed by atoms with Gasteiger partial charge in [0.15, 0.2) is 0 Å². The third kappa shape index (κ3) is 8.55. The molecular formula is C12H21NO5. The largest absolute Gasteiger partial charge is 0.481 e. The Bertz CT molecular complexity index is 290. The first-order valence-electron chi connectivity index (χ1n) is 6.21. The molecule has 6 heteroatoms. The number of carboxylic acid groups (broad SMARTS) is 2. The summed E-state index contributed by atoms with van der Waals surface area (Å²) in [5.74, 6) is -2.97. The molecule has 18 heavy (non-hydrogen) atoms. The number of rotatable bonds is 10. The molecule has 0 aliphatic carbocycles. The molecule has 0 aromatic heterocycles. The van der Waals surface area contributed by atoms with Gasteiger partial charge < -0.3 is 15.5 Å². The standard InChI is InChI=1S/C12H21NO5/c1-2-3-4-5-6-7-10(14)13-9(12(17)18)8-11(15)16/h9H,2-8H2,1H3,(H,13,14)(H,15,16)(H,17,18). The molecule has 6 nitrogen and oxygen atoms in total. The van der Waals surface area contributed by atoms with Gasteiger partial charge in [0.05, 0.1) is 6.42 Å². The normalized spacial score (nSPS) is 11.8. The smallest absolute Gasteiger partial charge is 0.326 e. The molecule has 3 N–H and O–H groups in total. The number of hydrogen-bond acceptors (Lipinski definition) is 3. The van der Waals surface area contributed by atoms with E-state index in [1.807, 2.05) is 0 Å². The van der Waals surface area contributed by atoms with Gasteiger partial charge in [0.1, 0.15) is 6.04 Å². The predicted octanol–water partition coefficient (Wildman–Crippen LogP) is 1.39. The van der Waals surface area contributed by atoms with Gasteiger partial charge in [-0.25, -0.2) is 4.79 Å². The fourth-order valence-electron chi connectivity index (χ4n) is 1.53. The zero-order chi connectivity index (χ0) is 14.0. The van der Waals surface area contributed by atoms with Crippen LogP contribution >= 0.6 is 0 Å². The highest BCUT2D eigenvalue weighted by molar-refractivity contribution is 5.86. The second-order valence-electron chi connectivity index (χ2n) is 4.22. The summed E-state index contributed by atoms with van der Waals surface area (Å²) < 4.78 is 0. The van der Waals surface area contributed by atoms with E-state index in [9.17, 15) is 14.4 Å². The Kier molecular flexibility index (Phi) is 8.61. The molecule has 1 amide bonds. The molecule has 0 aliphatic heterocycles. The SMILES string of the molecule is CCCCCCCC(=O)NC(CC(=O)O)C(=O)O. The summed E-state index contributed by atoms with van der Waals surface area (Å²) in [4.78, 5) is 32.5. The van der Waals surface area contributed by atoms with Crippen LogP contribution in [0, 0.1) is 0 Å². The van der Waals surface area contributed by atoms with E-state index in [0.29, 0.717) is 6.42 Å². The van der Waals surface area contributed by atoms with E-state index in [0.717, 1.165) is 25.7 Å². The number of nitrogens with one attached hydrogen (secondary N) is 1. The van der Waals surface area contributed by atoms with E-state index >= 15 is 0 Å². The number of carbonyl (C=O) groups excluding carboxylic acids is 1. The second-order valence-corrected chi connectivity index (χ2v) is 4.22. The summed E-state index contributed by atoms with van der Waals surface area (Å²) >= 11 is 0. The highest BCUT2D eigenvalue weighted by atomic mass is 16.4. The molecule has 104 valence electrons. The predicted molar refractivity (Wildman–Crippen MR) is 65.2 cm³/mol. The van der Waals surface area contributed by atoms with Crippen LogP contribution in [0.5, 0.6) is 0 Å². The van der Waals surface area contributed by atoms with Crippen LogP contribution < -0.4 is 5.32 Å². The monoisotopic (exact) mass is 259 g/mol. The maximum absolute atomic E-state index is 11.4. The maximum atomic E-state index is 11.4. The molecule has 1 unspecified atom stereocenters. The molecule has 0 heterocycles. The fourth-order valence-corrected chi connectivity index (χ4v) is 1.53. The molecule has 0 aromatic carbocycles. The molecule has 0 aromatic rings. The highest BCUT2D eigenvalue weighted by Gasteiger charge is 2.22. The zero-order valence-electron chi connectivity index (χ0n) is 10.6. The van der Waals surface area contributed by atoms with Gasteiger partial charge in [0.25, 0.3) is 0 Å². The van der Waals surface area contributed by atoms with Crippen LogP contribution in [0.2, 0.25) is 0 Å². The average Bonchev–Trinajstić information content (AvgIpc) is 2.27. The first-order valence-corrected chi connectivity index (χ1v) is 6.21. The third-order valence-electron chi connectivity index (χ3n) is 2.52. The van der Waals surface area contributed by atoms with E-state index < -0.39 is 30.3 Å². The van der Waals surface area contributed by atoms with Gasteiger partial charge in [-0.1, -0.05) is 32.6 Å². The Balaban J connectivity index is 3.88. The van der Waals surface area contributed by atoms with Crippen LogP contribution in [0.25, 0.3) is 0 Å². The number of aliphatic carboxylic acids is 2. The van der Waals surface area contributed by atoms with E-state index in [-0.39, 0.29) is 6.42 Å². The van der Waals surface area contributed by atoms with Crippen molar-refractivity contribution in [1.82, 2.24) is 5.32 Å². The zero-order valence-corrected chi connectivity index (χ0v) is 10.6. The van der Waals surface area contributed by atoms with Gasteiger partial charge in [-0.3, -0.25) is 9.59 Å². The fraction of sp³-hybridized carbons (Fsp3) is 0.750. The summed E-state index contributed by atoms with van der Waals surface area (Å²) in [5.41, 5.74) is 0. The lowest BCUT2D eigenvalue weighted by Gasteiger charge is -2.12. The van der Waals surface area contributed by atoms with Gasteiger partial charge in [0.2, 0.25) is 5.91 Å². The van der Waals surface area contributed by atoms with Crippen LogP contribution in [0.4, 0.5) is 0 Å².